The molecule has 16 heavy (non-hydrogen) atoms. The van der Waals surface area contributed by atoms with Gasteiger partial charge in [-0.25, -0.2) is 0 Å². The summed E-state index contributed by atoms with van der Waals surface area (Å²) in [6.45, 7) is 4.61. The van der Waals surface area contributed by atoms with Crippen LogP contribution < -0.4 is 5.32 Å². The highest BCUT2D eigenvalue weighted by atomic mass is 14.9. The molecule has 2 nitrogen and oxygen atoms in total. The number of aromatic nitrogens is 1. The molecule has 0 aliphatic rings. The van der Waals surface area contributed by atoms with Gasteiger partial charge in [-0.3, -0.25) is 4.98 Å². The first kappa shape index (κ1) is 13.2. The molecule has 0 bridgehead atoms. The van der Waals surface area contributed by atoms with E-state index in [0.717, 1.165) is 12.3 Å². The van der Waals surface area contributed by atoms with Crippen LogP contribution in [0.3, 0.4) is 0 Å². The number of nitrogens with one attached hydrogen (secondary N) is 1. The number of hydrogen-bond acceptors (Lipinski definition) is 2. The van der Waals surface area contributed by atoms with Gasteiger partial charge in [0.25, 0.3) is 0 Å². The molecule has 0 saturated heterocycles. The minimum absolute atomic E-state index is 0.587. The van der Waals surface area contributed by atoms with Crippen molar-refractivity contribution in [3.05, 3.63) is 30.1 Å². The molecule has 0 fully saturated rings. The van der Waals surface area contributed by atoms with E-state index in [1.165, 1.54) is 24.8 Å². The molecule has 1 N–H and O–H groups in total. The Morgan fingerprint density at radius 3 is 2.56 bits per heavy atom. The van der Waals surface area contributed by atoms with Crippen LogP contribution in [-0.4, -0.2) is 18.1 Å². The van der Waals surface area contributed by atoms with Crippen molar-refractivity contribution in [3.8, 4) is 0 Å². The van der Waals surface area contributed by atoms with E-state index in [1.807, 2.05) is 12.4 Å². The first-order valence-corrected chi connectivity index (χ1v) is 6.32. The van der Waals surface area contributed by atoms with Crippen molar-refractivity contribution in [2.45, 2.75) is 45.6 Å². The zero-order chi connectivity index (χ0) is 11.8. The van der Waals surface area contributed by atoms with Crippen LogP contribution in [0.15, 0.2) is 24.5 Å². The number of likely N-dealkylation sites (N-methyl/N-ethyl adjacent to an activating group) is 1. The second kappa shape index (κ2) is 7.39. The monoisotopic (exact) mass is 220 g/mol. The van der Waals surface area contributed by atoms with E-state index in [0.29, 0.717) is 6.04 Å². The van der Waals surface area contributed by atoms with E-state index in [2.05, 4.69) is 43.3 Å². The van der Waals surface area contributed by atoms with E-state index < -0.39 is 0 Å². The molecule has 2 atom stereocenters. The van der Waals surface area contributed by atoms with Crippen LogP contribution >= 0.6 is 0 Å². The summed E-state index contributed by atoms with van der Waals surface area (Å²) in [5.74, 6) is 0.810. The summed E-state index contributed by atoms with van der Waals surface area (Å²) >= 11 is 0. The van der Waals surface area contributed by atoms with Gasteiger partial charge >= 0.3 is 0 Å². The van der Waals surface area contributed by atoms with Crippen LogP contribution in [0.1, 0.15) is 38.7 Å². The Kier molecular flexibility index (Phi) is 6.09. The molecule has 0 amide bonds. The Labute approximate surface area is 99.5 Å². The highest BCUT2D eigenvalue weighted by molar-refractivity contribution is 5.11. The van der Waals surface area contributed by atoms with Gasteiger partial charge in [0.15, 0.2) is 0 Å². The van der Waals surface area contributed by atoms with Gasteiger partial charge in [-0.15, -0.1) is 0 Å². The fourth-order valence-electron chi connectivity index (χ4n) is 2.20. The summed E-state index contributed by atoms with van der Waals surface area (Å²) in [5.41, 5.74) is 1.37. The Morgan fingerprint density at radius 2 is 2.00 bits per heavy atom. The molecule has 2 unspecified atom stereocenters. The topological polar surface area (TPSA) is 24.9 Å². The molecule has 0 aromatic carbocycles. The van der Waals surface area contributed by atoms with Gasteiger partial charge in [-0.2, -0.15) is 0 Å². The van der Waals surface area contributed by atoms with Crippen LogP contribution in [0.5, 0.6) is 0 Å². The maximum Gasteiger partial charge on any atom is 0.0270 e. The lowest BCUT2D eigenvalue weighted by Gasteiger charge is -2.20. The summed E-state index contributed by atoms with van der Waals surface area (Å²) in [7, 11) is 2.06. The standard InChI is InChI=1S/C14H24N2/c1-4-5-12(2)10-14(15-3)11-13-6-8-16-9-7-13/h6-9,12,14-15H,4-5,10-11H2,1-3H3. The Hall–Kier alpha value is -0.890. The highest BCUT2D eigenvalue weighted by Gasteiger charge is 2.11. The Morgan fingerprint density at radius 1 is 1.31 bits per heavy atom. The lowest BCUT2D eigenvalue weighted by atomic mass is 9.94. The zero-order valence-electron chi connectivity index (χ0n) is 10.7. The van der Waals surface area contributed by atoms with Crippen molar-refractivity contribution >= 4 is 0 Å². The zero-order valence-corrected chi connectivity index (χ0v) is 10.7. The maximum atomic E-state index is 4.05. The average molecular weight is 220 g/mol. The fraction of sp³-hybridized carbons (Fsp3) is 0.643. The molecule has 1 rings (SSSR count). The van der Waals surface area contributed by atoms with Crippen LogP contribution in [0, 0.1) is 5.92 Å². The van der Waals surface area contributed by atoms with Crippen molar-refractivity contribution < 1.29 is 0 Å². The van der Waals surface area contributed by atoms with Crippen LogP contribution in [0.4, 0.5) is 0 Å². The van der Waals surface area contributed by atoms with E-state index in [9.17, 15) is 0 Å². The molecule has 1 heterocycles. The molecule has 0 aliphatic heterocycles. The predicted octanol–water partition coefficient (Wildman–Crippen LogP) is 3.04. The SMILES string of the molecule is CCCC(C)CC(Cc1ccncc1)NC. The Bertz CT molecular complexity index is 271. The van der Waals surface area contributed by atoms with Gasteiger partial charge in [-0.1, -0.05) is 26.7 Å². The van der Waals surface area contributed by atoms with Gasteiger partial charge in [0.2, 0.25) is 0 Å². The normalized spacial score (nSPS) is 14.7. The largest absolute Gasteiger partial charge is 0.317 e. The molecule has 2 heteroatoms. The Balaban J connectivity index is 2.43. The summed E-state index contributed by atoms with van der Waals surface area (Å²) in [4.78, 5) is 4.05. The summed E-state index contributed by atoms with van der Waals surface area (Å²) < 4.78 is 0. The third-order valence-electron chi connectivity index (χ3n) is 3.11. The van der Waals surface area contributed by atoms with Crippen molar-refractivity contribution in [2.24, 2.45) is 5.92 Å². The second-order valence-electron chi connectivity index (χ2n) is 4.67. The number of pyridine rings is 1. The van der Waals surface area contributed by atoms with E-state index in [4.69, 9.17) is 0 Å². The van der Waals surface area contributed by atoms with Crippen LogP contribution in [-0.2, 0) is 6.42 Å². The van der Waals surface area contributed by atoms with Crippen LogP contribution in [0.25, 0.3) is 0 Å². The molecule has 0 radical (unpaired) electrons. The minimum atomic E-state index is 0.587. The lowest BCUT2D eigenvalue weighted by molar-refractivity contribution is 0.397. The quantitative estimate of drug-likeness (QED) is 0.764. The maximum absolute atomic E-state index is 4.05. The van der Waals surface area contributed by atoms with Gasteiger partial charge in [0.1, 0.15) is 0 Å². The van der Waals surface area contributed by atoms with E-state index in [1.54, 1.807) is 0 Å². The first-order valence-electron chi connectivity index (χ1n) is 6.32. The highest BCUT2D eigenvalue weighted by Crippen LogP contribution is 2.15. The molecule has 1 aromatic rings. The summed E-state index contributed by atoms with van der Waals surface area (Å²) in [5, 5.41) is 3.42. The molecular formula is C14H24N2. The van der Waals surface area contributed by atoms with Gasteiger partial charge in [0, 0.05) is 18.4 Å². The van der Waals surface area contributed by atoms with Gasteiger partial charge < -0.3 is 5.32 Å². The average Bonchev–Trinajstić information content (AvgIpc) is 2.30. The van der Waals surface area contributed by atoms with E-state index >= 15 is 0 Å². The molecular weight excluding hydrogens is 196 g/mol. The number of hydrogen-bond donors (Lipinski definition) is 1. The number of nitrogens with zero attached hydrogens (tertiary/aromatic N) is 1. The molecule has 0 spiro atoms. The van der Waals surface area contributed by atoms with Crippen molar-refractivity contribution in [1.29, 1.82) is 0 Å². The smallest absolute Gasteiger partial charge is 0.0270 e. The second-order valence-corrected chi connectivity index (χ2v) is 4.67. The number of rotatable bonds is 7. The predicted molar refractivity (Wildman–Crippen MR) is 69.5 cm³/mol. The van der Waals surface area contributed by atoms with Gasteiger partial charge in [-0.05, 0) is 43.5 Å². The lowest BCUT2D eigenvalue weighted by Crippen LogP contribution is -2.29. The van der Waals surface area contributed by atoms with Crippen molar-refractivity contribution in [2.75, 3.05) is 7.05 Å². The molecule has 90 valence electrons. The molecule has 0 saturated carbocycles. The van der Waals surface area contributed by atoms with Crippen molar-refractivity contribution in [3.63, 3.8) is 0 Å². The van der Waals surface area contributed by atoms with Gasteiger partial charge in [0.05, 0.1) is 0 Å². The van der Waals surface area contributed by atoms with Crippen molar-refractivity contribution in [1.82, 2.24) is 10.3 Å². The third-order valence-corrected chi connectivity index (χ3v) is 3.11. The fourth-order valence-corrected chi connectivity index (χ4v) is 2.20. The molecule has 0 aliphatic carbocycles. The minimum Gasteiger partial charge on any atom is -0.317 e. The third kappa shape index (κ3) is 4.75. The molecule has 1 aromatic heterocycles. The van der Waals surface area contributed by atoms with Crippen LogP contribution in [0.2, 0.25) is 0 Å². The summed E-state index contributed by atoms with van der Waals surface area (Å²) in [6, 6.07) is 4.80. The first-order chi connectivity index (χ1) is 7.76. The summed E-state index contributed by atoms with van der Waals surface area (Å²) in [6.07, 6.45) is 8.72. The van der Waals surface area contributed by atoms with E-state index in [-0.39, 0.29) is 0 Å².